The van der Waals surface area contributed by atoms with Crippen molar-refractivity contribution in [3.8, 4) is 5.75 Å². The average molecular weight is 813 g/mol. The summed E-state index contributed by atoms with van der Waals surface area (Å²) >= 11 is 2.39. The lowest BCUT2D eigenvalue weighted by Gasteiger charge is -2.49. The van der Waals surface area contributed by atoms with Crippen molar-refractivity contribution in [2.45, 2.75) is 23.4 Å². The molecule has 8 rings (SSSR count). The van der Waals surface area contributed by atoms with E-state index in [4.69, 9.17) is 15.3 Å². The van der Waals surface area contributed by atoms with Crippen molar-refractivity contribution in [3.63, 3.8) is 0 Å². The number of nitrogens with one attached hydrogen (secondary N) is 2. The number of methoxy groups -OCH3 is 1. The summed E-state index contributed by atoms with van der Waals surface area (Å²) in [7, 11) is 1.54. The third-order valence-corrected chi connectivity index (χ3v) is 12.1. The molecule has 15 heteroatoms. The molecular formula is C43H36N6O7S2. The number of oxime groups is 1. The number of nitrogen functional groups attached to an aromatic ring is 1. The van der Waals surface area contributed by atoms with E-state index in [1.807, 2.05) is 91.0 Å². The highest BCUT2D eigenvalue weighted by atomic mass is 32.2. The first-order valence-electron chi connectivity index (χ1n) is 18.2. The molecular weight excluding hydrogens is 777 g/mol. The lowest BCUT2D eigenvalue weighted by atomic mass is 9.80. The number of β-lactam (4-membered cyclic amide) rings is 1. The molecule has 2 saturated heterocycles. The Hall–Kier alpha value is -6.71. The van der Waals surface area contributed by atoms with Gasteiger partial charge in [0.1, 0.15) is 28.6 Å². The summed E-state index contributed by atoms with van der Waals surface area (Å²) in [5, 5.41) is 21.7. The first-order valence-corrected chi connectivity index (χ1v) is 20.2. The molecule has 2 atom stereocenters. The number of aliphatic carboxylic acids is 1. The number of allylic oxidation sites excluding steroid dienone is 1. The van der Waals surface area contributed by atoms with Crippen LogP contribution in [-0.4, -0.2) is 75.2 Å². The zero-order valence-electron chi connectivity index (χ0n) is 31.0. The number of hydrogen-bond donors (Lipinski definition) is 4. The zero-order valence-corrected chi connectivity index (χ0v) is 32.6. The summed E-state index contributed by atoms with van der Waals surface area (Å²) in [5.74, 6) is -2.33. The van der Waals surface area contributed by atoms with Gasteiger partial charge in [0.15, 0.2) is 10.8 Å². The van der Waals surface area contributed by atoms with Crippen LogP contribution < -0.4 is 21.1 Å². The lowest BCUT2D eigenvalue weighted by Crippen LogP contribution is -2.71. The fourth-order valence-electron chi connectivity index (χ4n) is 7.46. The van der Waals surface area contributed by atoms with E-state index in [1.54, 1.807) is 29.6 Å². The topological polar surface area (TPSA) is 186 Å². The molecule has 0 saturated carbocycles. The Morgan fingerprint density at radius 2 is 1.53 bits per heavy atom. The van der Waals surface area contributed by atoms with E-state index in [9.17, 15) is 24.3 Å². The van der Waals surface area contributed by atoms with Gasteiger partial charge in [0.25, 0.3) is 11.8 Å². The predicted octanol–water partition coefficient (Wildman–Crippen LogP) is 5.16. The van der Waals surface area contributed by atoms with Gasteiger partial charge in [-0.3, -0.25) is 19.3 Å². The standard InChI is InChI=1S/C43H36N6O7S2/c1-55-29-19-17-25(18-20-29)33(30-21-22-45-37(30)50)31-23-57-40-35(39(52)49(40)36(31)41(53)54)47-38(51)34(32-24-58-42(44)46-32)48-56-43(26-11-5-2-6-12-26,27-13-7-3-8-14-27)28-15-9-4-10-16-28/h2-20,24,35,40H,21-23H2,1H3,(H2,44,46)(H,45,50)(H,47,51)(H,53,54)/t35-,40-/m1/s1. The number of amides is 3. The second-order valence-corrected chi connectivity index (χ2v) is 15.5. The largest absolute Gasteiger partial charge is 0.497 e. The number of hydrogen-bond acceptors (Lipinski definition) is 11. The summed E-state index contributed by atoms with van der Waals surface area (Å²) in [6, 6.07) is 34.3. The van der Waals surface area contributed by atoms with Gasteiger partial charge < -0.3 is 31.0 Å². The van der Waals surface area contributed by atoms with Gasteiger partial charge in [0.05, 0.1) is 7.11 Å². The van der Waals surface area contributed by atoms with Crippen molar-refractivity contribution < 1.29 is 33.9 Å². The average Bonchev–Trinajstić information content (AvgIpc) is 3.89. The molecule has 4 heterocycles. The molecule has 58 heavy (non-hydrogen) atoms. The molecule has 3 aliphatic rings. The van der Waals surface area contributed by atoms with Crippen LogP contribution in [0.3, 0.4) is 0 Å². The monoisotopic (exact) mass is 812 g/mol. The minimum Gasteiger partial charge on any atom is -0.497 e. The van der Waals surface area contributed by atoms with Crippen LogP contribution in [-0.2, 0) is 29.6 Å². The van der Waals surface area contributed by atoms with Crippen LogP contribution >= 0.6 is 23.1 Å². The minimum atomic E-state index is -1.34. The van der Waals surface area contributed by atoms with Crippen LogP contribution in [0.4, 0.5) is 5.13 Å². The number of carboxylic acid groups (broad SMARTS) is 1. The van der Waals surface area contributed by atoms with Crippen molar-refractivity contribution in [2.75, 3.05) is 25.1 Å². The molecule has 292 valence electrons. The molecule has 3 amide bonds. The number of thiazole rings is 1. The fourth-order valence-corrected chi connectivity index (χ4v) is 9.36. The SMILES string of the molecule is COc1ccc(C(=C2CCNC2=O)C2=C(C(=O)O)N3C(=O)[C@@H](NC(=O)C(=NOC(c4ccccc4)(c4ccccc4)c4ccccc4)c4csc(N)n4)[C@H]3SC2)cc1. The molecule has 0 unspecified atom stereocenters. The Kier molecular flexibility index (Phi) is 10.6. The Morgan fingerprint density at radius 3 is 2.03 bits per heavy atom. The lowest BCUT2D eigenvalue weighted by molar-refractivity contribution is -0.150. The molecule has 5 N–H and O–H groups in total. The van der Waals surface area contributed by atoms with Gasteiger partial charge >= 0.3 is 5.97 Å². The number of ether oxygens (including phenoxy) is 1. The van der Waals surface area contributed by atoms with Gasteiger partial charge in [0, 0.05) is 45.5 Å². The highest BCUT2D eigenvalue weighted by molar-refractivity contribution is 8.00. The fraction of sp³-hybridized carbons (Fsp3) is 0.163. The number of aromatic nitrogens is 1. The van der Waals surface area contributed by atoms with Gasteiger partial charge in [-0.25, -0.2) is 9.78 Å². The molecule has 3 aliphatic heterocycles. The Balaban J connectivity index is 1.15. The molecule has 13 nitrogen and oxygen atoms in total. The number of fused-ring (bicyclic) bond motifs is 1. The second kappa shape index (κ2) is 16.0. The molecule has 4 aromatic carbocycles. The van der Waals surface area contributed by atoms with E-state index >= 15 is 0 Å². The number of nitrogens with two attached hydrogens (primary N) is 1. The maximum absolute atomic E-state index is 14.4. The van der Waals surface area contributed by atoms with E-state index in [1.165, 1.54) is 23.8 Å². The van der Waals surface area contributed by atoms with Gasteiger partial charge in [0.2, 0.25) is 11.5 Å². The van der Waals surface area contributed by atoms with Crippen LogP contribution in [0.2, 0.25) is 0 Å². The summed E-state index contributed by atoms with van der Waals surface area (Å²) in [6.45, 7) is 0.400. The maximum atomic E-state index is 14.4. The Bertz CT molecular complexity index is 2390. The van der Waals surface area contributed by atoms with Crippen molar-refractivity contribution in [1.29, 1.82) is 0 Å². The summed E-state index contributed by atoms with van der Waals surface area (Å²) < 4.78 is 5.32. The minimum absolute atomic E-state index is 0.127. The van der Waals surface area contributed by atoms with E-state index in [-0.39, 0.29) is 33.9 Å². The van der Waals surface area contributed by atoms with Crippen LogP contribution in [0.1, 0.15) is 34.4 Å². The third kappa shape index (κ3) is 6.88. The molecule has 0 bridgehead atoms. The van der Waals surface area contributed by atoms with Crippen LogP contribution in [0.5, 0.6) is 5.75 Å². The Labute approximate surface area is 341 Å². The van der Waals surface area contributed by atoms with E-state index in [2.05, 4.69) is 20.8 Å². The number of anilines is 1. The zero-order chi connectivity index (χ0) is 40.4. The van der Waals surface area contributed by atoms with Gasteiger partial charge in [-0.2, -0.15) is 0 Å². The van der Waals surface area contributed by atoms with Crippen molar-refractivity contribution in [1.82, 2.24) is 20.5 Å². The maximum Gasteiger partial charge on any atom is 0.352 e. The van der Waals surface area contributed by atoms with Crippen LogP contribution in [0, 0.1) is 0 Å². The van der Waals surface area contributed by atoms with Crippen molar-refractivity contribution >= 4 is 63.2 Å². The number of carbonyl (C=O) groups is 4. The highest BCUT2D eigenvalue weighted by Crippen LogP contribution is 2.46. The Morgan fingerprint density at radius 1 is 0.931 bits per heavy atom. The van der Waals surface area contributed by atoms with Crippen molar-refractivity contribution in [3.05, 3.63) is 165 Å². The summed E-state index contributed by atoms with van der Waals surface area (Å²) in [5.41, 5.74) is 8.37. The molecule has 0 radical (unpaired) electrons. The number of carboxylic acids is 1. The normalized spacial score (nSPS) is 18.8. The molecule has 2 fully saturated rings. The van der Waals surface area contributed by atoms with Gasteiger partial charge in [-0.1, -0.05) is 108 Å². The van der Waals surface area contributed by atoms with Crippen LogP contribution in [0.25, 0.3) is 5.57 Å². The number of nitrogens with zero attached hydrogens (tertiary/aromatic N) is 3. The highest BCUT2D eigenvalue weighted by Gasteiger charge is 2.55. The number of thioether (sulfide) groups is 1. The van der Waals surface area contributed by atoms with Gasteiger partial charge in [-0.15, -0.1) is 23.1 Å². The third-order valence-electron chi connectivity index (χ3n) is 10.2. The molecule has 0 aliphatic carbocycles. The number of carbonyl (C=O) groups excluding carboxylic acids is 3. The first kappa shape index (κ1) is 38.2. The van der Waals surface area contributed by atoms with E-state index in [0.717, 1.165) is 28.0 Å². The predicted molar refractivity (Wildman–Crippen MR) is 221 cm³/mol. The number of rotatable bonds is 12. The summed E-state index contributed by atoms with van der Waals surface area (Å²) in [4.78, 5) is 66.6. The van der Waals surface area contributed by atoms with Crippen molar-refractivity contribution in [2.24, 2.45) is 5.16 Å². The number of benzene rings is 4. The quantitative estimate of drug-likeness (QED) is 0.0432. The molecule has 0 spiro atoms. The van der Waals surface area contributed by atoms with Crippen LogP contribution in [0.15, 0.2) is 143 Å². The molecule has 1 aromatic heterocycles. The van der Waals surface area contributed by atoms with E-state index in [0.29, 0.717) is 41.0 Å². The first-order chi connectivity index (χ1) is 28.2. The van der Waals surface area contributed by atoms with Gasteiger partial charge in [-0.05, 0) is 29.7 Å². The molecule has 5 aromatic rings. The summed E-state index contributed by atoms with van der Waals surface area (Å²) in [6.07, 6.45) is 0.378. The second-order valence-electron chi connectivity index (χ2n) is 13.5. The smallest absolute Gasteiger partial charge is 0.352 e. The van der Waals surface area contributed by atoms with E-state index < -0.39 is 34.8 Å².